The third-order valence-electron chi connectivity index (χ3n) is 6.15. The van der Waals surface area contributed by atoms with E-state index in [0.29, 0.717) is 17.8 Å². The molecule has 3 nitrogen and oxygen atoms in total. The van der Waals surface area contributed by atoms with Crippen LogP contribution in [0.1, 0.15) is 50.3 Å². The normalized spacial score (nSPS) is 19.4. The fraction of sp³-hybridized carbons (Fsp3) is 0.519. The summed E-state index contributed by atoms with van der Waals surface area (Å²) in [4.78, 5) is 17.5. The van der Waals surface area contributed by atoms with Gasteiger partial charge in [0.1, 0.15) is 5.82 Å². The second-order valence-electron chi connectivity index (χ2n) is 9.89. The molecule has 1 amide bonds. The molecule has 31 heavy (non-hydrogen) atoms. The molecule has 0 spiro atoms. The van der Waals surface area contributed by atoms with E-state index in [1.165, 1.54) is 16.7 Å². The third-order valence-corrected chi connectivity index (χ3v) is 6.15. The minimum absolute atomic E-state index is 0.00665. The Balaban J connectivity index is 1.82. The van der Waals surface area contributed by atoms with E-state index in [1.54, 1.807) is 12.1 Å². The van der Waals surface area contributed by atoms with Crippen molar-refractivity contribution < 1.29 is 9.18 Å². The molecule has 0 radical (unpaired) electrons. The summed E-state index contributed by atoms with van der Waals surface area (Å²) in [5.74, 6) is 1.07. The highest BCUT2D eigenvalue weighted by Crippen LogP contribution is 2.34. The maximum atomic E-state index is 13.6. The van der Waals surface area contributed by atoms with E-state index in [2.05, 4.69) is 54.8 Å². The van der Waals surface area contributed by atoms with Crippen LogP contribution in [-0.2, 0) is 11.3 Å². The molecule has 2 aromatic rings. The Hall–Kier alpha value is -2.20. The first-order valence-electron chi connectivity index (χ1n) is 11.5. The number of hydrogen-bond donors (Lipinski definition) is 0. The van der Waals surface area contributed by atoms with E-state index in [1.807, 2.05) is 26.0 Å². The van der Waals surface area contributed by atoms with Gasteiger partial charge in [0.05, 0.1) is 0 Å². The molecule has 0 N–H and O–H groups in total. The fourth-order valence-corrected chi connectivity index (χ4v) is 4.77. The van der Waals surface area contributed by atoms with Gasteiger partial charge in [-0.25, -0.2) is 4.39 Å². The number of hydrogen-bond acceptors (Lipinski definition) is 2. The molecule has 2 unspecified atom stereocenters. The van der Waals surface area contributed by atoms with Gasteiger partial charge in [0.2, 0.25) is 5.91 Å². The number of rotatable bonds is 8. The van der Waals surface area contributed by atoms with Crippen molar-refractivity contribution in [2.24, 2.45) is 17.8 Å². The molecule has 4 heteroatoms. The average Bonchev–Trinajstić information content (AvgIpc) is 3.09. The zero-order valence-electron chi connectivity index (χ0n) is 19.6. The Morgan fingerprint density at radius 1 is 1.10 bits per heavy atom. The Bertz CT molecular complexity index is 862. The summed E-state index contributed by atoms with van der Waals surface area (Å²) in [6, 6.07) is 15.6. The monoisotopic (exact) mass is 424 g/mol. The van der Waals surface area contributed by atoms with Crippen LogP contribution in [-0.4, -0.2) is 41.9 Å². The van der Waals surface area contributed by atoms with Gasteiger partial charge in [0.15, 0.2) is 0 Å². The lowest BCUT2D eigenvalue weighted by atomic mass is 9.88. The Morgan fingerprint density at radius 3 is 2.42 bits per heavy atom. The van der Waals surface area contributed by atoms with Crippen LogP contribution in [0.2, 0.25) is 0 Å². The summed E-state index contributed by atoms with van der Waals surface area (Å²) in [7, 11) is 0. The molecule has 0 saturated carbocycles. The quantitative estimate of drug-likeness (QED) is 0.559. The minimum Gasteiger partial charge on any atom is -0.342 e. The van der Waals surface area contributed by atoms with Crippen LogP contribution < -0.4 is 0 Å². The molecular weight excluding hydrogens is 387 g/mol. The molecule has 0 aliphatic carbocycles. The SMILES string of the molecule is Cc1cccc(CN2CC(CN(CC(C)C)C(=O)C(C)C)C(c3ccc(F)cc3)C2)c1. The number of carbonyl (C=O) groups is 1. The molecule has 2 aromatic carbocycles. The lowest BCUT2D eigenvalue weighted by Gasteiger charge is -2.31. The summed E-state index contributed by atoms with van der Waals surface area (Å²) in [6.45, 7) is 14.7. The highest BCUT2D eigenvalue weighted by molar-refractivity contribution is 5.78. The molecular formula is C27H37FN2O. The van der Waals surface area contributed by atoms with Crippen molar-refractivity contribution in [3.8, 4) is 0 Å². The van der Waals surface area contributed by atoms with Gasteiger partial charge in [-0.05, 0) is 42.0 Å². The molecule has 3 rings (SSSR count). The highest BCUT2D eigenvalue weighted by atomic mass is 19.1. The second-order valence-corrected chi connectivity index (χ2v) is 9.89. The van der Waals surface area contributed by atoms with E-state index in [4.69, 9.17) is 0 Å². The first-order valence-corrected chi connectivity index (χ1v) is 11.5. The molecule has 1 heterocycles. The van der Waals surface area contributed by atoms with Gasteiger partial charge in [0, 0.05) is 44.6 Å². The summed E-state index contributed by atoms with van der Waals surface area (Å²) in [5.41, 5.74) is 3.75. The van der Waals surface area contributed by atoms with Crippen LogP contribution in [0.15, 0.2) is 48.5 Å². The maximum Gasteiger partial charge on any atom is 0.225 e. The number of halogens is 1. The van der Waals surface area contributed by atoms with E-state index in [9.17, 15) is 9.18 Å². The molecule has 1 fully saturated rings. The zero-order chi connectivity index (χ0) is 22.5. The van der Waals surface area contributed by atoms with Crippen LogP contribution in [0.5, 0.6) is 0 Å². The van der Waals surface area contributed by atoms with Gasteiger partial charge in [-0.15, -0.1) is 0 Å². The van der Waals surface area contributed by atoms with Gasteiger partial charge in [-0.3, -0.25) is 9.69 Å². The number of carbonyl (C=O) groups excluding carboxylic acids is 1. The molecule has 1 saturated heterocycles. The van der Waals surface area contributed by atoms with E-state index in [-0.39, 0.29) is 17.6 Å². The summed E-state index contributed by atoms with van der Waals surface area (Å²) in [5, 5.41) is 0. The summed E-state index contributed by atoms with van der Waals surface area (Å²) >= 11 is 0. The third kappa shape index (κ3) is 6.39. The standard InChI is InChI=1S/C27H37FN2O/c1-19(2)14-30(27(31)20(3)4)17-24-16-29(15-22-8-6-7-21(5)13-22)18-26(24)23-9-11-25(28)12-10-23/h6-13,19-20,24,26H,14-18H2,1-5H3. The first-order chi connectivity index (χ1) is 14.7. The van der Waals surface area contributed by atoms with Crippen molar-refractivity contribution in [1.82, 2.24) is 9.80 Å². The van der Waals surface area contributed by atoms with Gasteiger partial charge in [-0.2, -0.15) is 0 Å². The van der Waals surface area contributed by atoms with Crippen LogP contribution in [0.4, 0.5) is 4.39 Å². The van der Waals surface area contributed by atoms with Crippen LogP contribution in [0, 0.1) is 30.5 Å². The lowest BCUT2D eigenvalue weighted by Crippen LogP contribution is -2.41. The van der Waals surface area contributed by atoms with Crippen LogP contribution in [0.25, 0.3) is 0 Å². The van der Waals surface area contributed by atoms with Crippen LogP contribution in [0.3, 0.4) is 0 Å². The van der Waals surface area contributed by atoms with Crippen molar-refractivity contribution >= 4 is 5.91 Å². The van der Waals surface area contributed by atoms with Crippen LogP contribution >= 0.6 is 0 Å². The first kappa shape index (κ1) is 23.5. The molecule has 168 valence electrons. The molecule has 0 aromatic heterocycles. The highest BCUT2D eigenvalue weighted by Gasteiger charge is 2.36. The van der Waals surface area contributed by atoms with Gasteiger partial charge >= 0.3 is 0 Å². The number of likely N-dealkylation sites (tertiary alicyclic amines) is 1. The molecule has 1 aliphatic rings. The molecule has 0 bridgehead atoms. The van der Waals surface area contributed by atoms with Gasteiger partial charge in [0.25, 0.3) is 0 Å². The van der Waals surface area contributed by atoms with Crippen molar-refractivity contribution in [2.45, 2.75) is 47.1 Å². The number of nitrogens with zero attached hydrogens (tertiary/aromatic N) is 2. The molecule has 2 atom stereocenters. The molecule has 1 aliphatic heterocycles. The topological polar surface area (TPSA) is 23.6 Å². The van der Waals surface area contributed by atoms with Crippen molar-refractivity contribution in [3.63, 3.8) is 0 Å². The Morgan fingerprint density at radius 2 is 1.81 bits per heavy atom. The lowest BCUT2D eigenvalue weighted by molar-refractivity contribution is -0.135. The van der Waals surface area contributed by atoms with E-state index >= 15 is 0 Å². The van der Waals surface area contributed by atoms with E-state index in [0.717, 1.165) is 32.7 Å². The summed E-state index contributed by atoms with van der Waals surface area (Å²) < 4.78 is 13.6. The average molecular weight is 425 g/mol. The zero-order valence-corrected chi connectivity index (χ0v) is 19.6. The number of benzene rings is 2. The van der Waals surface area contributed by atoms with E-state index < -0.39 is 0 Å². The van der Waals surface area contributed by atoms with Crippen molar-refractivity contribution in [3.05, 3.63) is 71.0 Å². The smallest absolute Gasteiger partial charge is 0.225 e. The van der Waals surface area contributed by atoms with Crippen molar-refractivity contribution in [2.75, 3.05) is 26.2 Å². The predicted octanol–water partition coefficient (Wildman–Crippen LogP) is 5.49. The fourth-order valence-electron chi connectivity index (χ4n) is 4.77. The minimum atomic E-state index is -0.202. The maximum absolute atomic E-state index is 13.6. The predicted molar refractivity (Wildman–Crippen MR) is 125 cm³/mol. The van der Waals surface area contributed by atoms with Gasteiger partial charge < -0.3 is 4.90 Å². The Labute approximate surface area is 187 Å². The summed E-state index contributed by atoms with van der Waals surface area (Å²) in [6.07, 6.45) is 0. The number of aryl methyl sites for hydroxylation is 1. The number of amides is 1. The largest absolute Gasteiger partial charge is 0.342 e. The van der Waals surface area contributed by atoms with Gasteiger partial charge in [-0.1, -0.05) is 69.7 Å². The second kappa shape index (κ2) is 10.4. The Kier molecular flexibility index (Phi) is 7.88. The van der Waals surface area contributed by atoms with Crippen molar-refractivity contribution in [1.29, 1.82) is 0 Å².